The molecule has 53 heavy (non-hydrogen) atoms. The summed E-state index contributed by atoms with van der Waals surface area (Å²) < 4.78 is 36.4. The third-order valence-electron chi connectivity index (χ3n) is 9.68. The van der Waals surface area contributed by atoms with Crippen LogP contribution in [0, 0.1) is 5.92 Å². The van der Waals surface area contributed by atoms with Crippen molar-refractivity contribution in [1.82, 2.24) is 0 Å². The van der Waals surface area contributed by atoms with Crippen LogP contribution < -0.4 is 18.9 Å². The third-order valence-corrected chi connectivity index (χ3v) is 9.68. The molecule has 0 spiro atoms. The van der Waals surface area contributed by atoms with Gasteiger partial charge in [0.15, 0.2) is 0 Å². The molecule has 0 heterocycles. The number of rotatable bonds is 17. The molecular weight excluding hydrogens is 664 g/mol. The van der Waals surface area contributed by atoms with Crippen molar-refractivity contribution < 1.29 is 33.5 Å². The summed E-state index contributed by atoms with van der Waals surface area (Å²) in [6, 6.07) is 51.9. The molecule has 272 valence electrons. The van der Waals surface area contributed by atoms with Gasteiger partial charge >= 0.3 is 0 Å². The summed E-state index contributed by atoms with van der Waals surface area (Å²) >= 11 is 0. The number of methoxy groups -OCH3 is 4. The quantitative estimate of drug-likeness (QED) is 0.0951. The molecule has 6 aromatic rings. The molecule has 0 fully saturated rings. The van der Waals surface area contributed by atoms with Gasteiger partial charge in [0, 0.05) is 5.92 Å². The molecular formula is C46H46O7. The Morgan fingerprint density at radius 1 is 0.377 bits per heavy atom. The van der Waals surface area contributed by atoms with Gasteiger partial charge in [-0.1, -0.05) is 109 Å². The fourth-order valence-corrected chi connectivity index (χ4v) is 6.79. The highest BCUT2D eigenvalue weighted by Gasteiger charge is 2.41. The van der Waals surface area contributed by atoms with Gasteiger partial charge in [-0.3, -0.25) is 0 Å². The Hall–Kier alpha value is -5.60. The molecule has 6 rings (SSSR count). The van der Waals surface area contributed by atoms with Crippen LogP contribution in [0.1, 0.15) is 33.4 Å². The lowest BCUT2D eigenvalue weighted by Gasteiger charge is -2.39. The normalized spacial score (nSPS) is 11.7. The molecule has 1 N–H and O–H groups in total. The van der Waals surface area contributed by atoms with E-state index in [4.69, 9.17) is 28.4 Å². The summed E-state index contributed by atoms with van der Waals surface area (Å²) in [5.74, 6) is 2.53. The van der Waals surface area contributed by atoms with Crippen LogP contribution in [0.25, 0.3) is 0 Å². The molecule has 0 aromatic heterocycles. The summed E-state index contributed by atoms with van der Waals surface area (Å²) in [4.78, 5) is 0. The van der Waals surface area contributed by atoms with Crippen molar-refractivity contribution in [3.8, 4) is 23.0 Å². The van der Waals surface area contributed by atoms with Gasteiger partial charge in [-0.05, 0) is 81.9 Å². The van der Waals surface area contributed by atoms with Gasteiger partial charge in [0.25, 0.3) is 0 Å². The Kier molecular flexibility index (Phi) is 12.1. The molecule has 0 aliphatic rings. The van der Waals surface area contributed by atoms with E-state index in [0.717, 1.165) is 56.4 Å². The van der Waals surface area contributed by atoms with E-state index < -0.39 is 17.1 Å². The molecule has 6 aromatic carbocycles. The van der Waals surface area contributed by atoms with Gasteiger partial charge in [-0.25, -0.2) is 0 Å². The first-order chi connectivity index (χ1) is 26.0. The Bertz CT molecular complexity index is 1740. The van der Waals surface area contributed by atoms with E-state index in [1.807, 2.05) is 133 Å². The van der Waals surface area contributed by atoms with Gasteiger partial charge in [-0.15, -0.1) is 0 Å². The molecule has 0 saturated carbocycles. The van der Waals surface area contributed by atoms with Gasteiger partial charge in [0.2, 0.25) is 0 Å². The minimum absolute atomic E-state index is 0.166. The fraction of sp³-hybridized carbons (Fsp3) is 0.217. The van der Waals surface area contributed by atoms with E-state index in [9.17, 15) is 5.11 Å². The molecule has 0 aliphatic heterocycles. The summed E-state index contributed by atoms with van der Waals surface area (Å²) in [6.45, 7) is 0.158. The standard InChI is InChI=1S/C46H46O7/c1-48-41-23-15-37(16-24-41)45(35-11-7-5-8-12-35,38-17-25-42(49-2)26-18-38)52-32-34(31-47)33-53-46(36-13-9-6-10-14-36,39-19-27-43(50-3)28-20-39)40-21-29-44(51-4)30-22-40/h5-30,34,47H,31-33H2,1-4H3. The zero-order valence-electron chi connectivity index (χ0n) is 30.6. The SMILES string of the molecule is COc1ccc(C(OCC(CO)COC(c2ccccc2)(c2ccc(OC)cc2)c2ccc(OC)cc2)(c2ccccc2)c2ccc(OC)cc2)cc1. The summed E-state index contributed by atoms with van der Waals surface area (Å²) in [6.07, 6.45) is 0. The van der Waals surface area contributed by atoms with Crippen LogP contribution >= 0.6 is 0 Å². The van der Waals surface area contributed by atoms with Gasteiger partial charge in [-0.2, -0.15) is 0 Å². The molecule has 0 bridgehead atoms. The zero-order chi connectivity index (χ0) is 37.1. The second kappa shape index (κ2) is 17.3. The topological polar surface area (TPSA) is 75.6 Å². The van der Waals surface area contributed by atoms with E-state index in [1.165, 1.54) is 0 Å². The Balaban J connectivity index is 1.42. The Labute approximate surface area is 312 Å². The predicted molar refractivity (Wildman–Crippen MR) is 207 cm³/mol. The van der Waals surface area contributed by atoms with Gasteiger partial charge in [0.05, 0.1) is 48.3 Å². The number of benzene rings is 6. The van der Waals surface area contributed by atoms with Gasteiger partial charge < -0.3 is 33.5 Å². The van der Waals surface area contributed by atoms with Crippen molar-refractivity contribution in [1.29, 1.82) is 0 Å². The van der Waals surface area contributed by atoms with Gasteiger partial charge in [0.1, 0.15) is 34.2 Å². The zero-order valence-corrected chi connectivity index (χ0v) is 30.6. The molecule has 7 nitrogen and oxygen atoms in total. The highest BCUT2D eigenvalue weighted by Crippen LogP contribution is 2.44. The summed E-state index contributed by atoms with van der Waals surface area (Å²) in [5.41, 5.74) is 3.39. The number of hydrogen-bond acceptors (Lipinski definition) is 7. The molecule has 0 radical (unpaired) electrons. The Morgan fingerprint density at radius 3 is 0.849 bits per heavy atom. The van der Waals surface area contributed by atoms with Crippen molar-refractivity contribution in [2.24, 2.45) is 5.92 Å². The van der Waals surface area contributed by atoms with Crippen molar-refractivity contribution in [3.63, 3.8) is 0 Å². The smallest absolute Gasteiger partial charge is 0.143 e. The molecule has 0 aliphatic carbocycles. The largest absolute Gasteiger partial charge is 0.497 e. The van der Waals surface area contributed by atoms with E-state index in [2.05, 4.69) is 24.3 Å². The van der Waals surface area contributed by atoms with Crippen LogP contribution in [0.5, 0.6) is 23.0 Å². The average molecular weight is 711 g/mol. The first-order valence-electron chi connectivity index (χ1n) is 17.6. The molecule has 0 amide bonds. The highest BCUT2D eigenvalue weighted by atomic mass is 16.5. The fourth-order valence-electron chi connectivity index (χ4n) is 6.79. The average Bonchev–Trinajstić information content (AvgIpc) is 3.24. The summed E-state index contributed by atoms with van der Waals surface area (Å²) in [7, 11) is 6.61. The maximum Gasteiger partial charge on any atom is 0.143 e. The molecule has 0 atom stereocenters. The lowest BCUT2D eigenvalue weighted by Crippen LogP contribution is -2.38. The second-order valence-electron chi connectivity index (χ2n) is 12.7. The molecule has 7 heteroatoms. The summed E-state index contributed by atoms with van der Waals surface area (Å²) in [5, 5.41) is 11.0. The van der Waals surface area contributed by atoms with E-state index in [1.54, 1.807) is 28.4 Å². The van der Waals surface area contributed by atoms with Crippen LogP contribution in [-0.2, 0) is 20.7 Å². The van der Waals surface area contributed by atoms with Crippen LogP contribution in [0.4, 0.5) is 0 Å². The minimum atomic E-state index is -1.05. The number of hydrogen-bond donors (Lipinski definition) is 1. The number of aliphatic hydroxyl groups is 1. The van der Waals surface area contributed by atoms with E-state index in [-0.39, 0.29) is 19.8 Å². The highest BCUT2D eigenvalue weighted by molar-refractivity contribution is 5.51. The second-order valence-corrected chi connectivity index (χ2v) is 12.7. The lowest BCUT2D eigenvalue weighted by molar-refractivity contribution is -0.0670. The third kappa shape index (κ3) is 7.78. The van der Waals surface area contributed by atoms with Crippen LogP contribution in [0.3, 0.4) is 0 Å². The number of aliphatic hydroxyl groups excluding tert-OH is 1. The van der Waals surface area contributed by atoms with Crippen LogP contribution in [0.15, 0.2) is 158 Å². The molecule has 0 unspecified atom stereocenters. The van der Waals surface area contributed by atoms with Crippen LogP contribution in [-0.4, -0.2) is 53.4 Å². The molecule has 0 saturated heterocycles. The Morgan fingerprint density at radius 2 is 0.623 bits per heavy atom. The van der Waals surface area contributed by atoms with E-state index in [0.29, 0.717) is 0 Å². The van der Waals surface area contributed by atoms with Crippen LogP contribution in [0.2, 0.25) is 0 Å². The first-order valence-corrected chi connectivity index (χ1v) is 17.6. The monoisotopic (exact) mass is 710 g/mol. The minimum Gasteiger partial charge on any atom is -0.497 e. The number of ether oxygens (including phenoxy) is 6. The maximum atomic E-state index is 11.0. The van der Waals surface area contributed by atoms with Crippen molar-refractivity contribution in [3.05, 3.63) is 191 Å². The van der Waals surface area contributed by atoms with Crippen molar-refractivity contribution in [2.75, 3.05) is 48.3 Å². The lowest BCUT2D eigenvalue weighted by atomic mass is 9.79. The van der Waals surface area contributed by atoms with Crippen molar-refractivity contribution in [2.45, 2.75) is 11.2 Å². The first kappa shape index (κ1) is 37.2. The maximum absolute atomic E-state index is 11.0. The van der Waals surface area contributed by atoms with E-state index >= 15 is 0 Å². The predicted octanol–water partition coefficient (Wildman–Crippen LogP) is 8.65. The van der Waals surface area contributed by atoms with Crippen molar-refractivity contribution >= 4 is 0 Å².